The molecular formula is C24H23ClN2O5. The highest BCUT2D eigenvalue weighted by Crippen LogP contribution is 2.35. The van der Waals surface area contributed by atoms with E-state index in [1.54, 1.807) is 24.3 Å². The molecule has 3 aromatic rings. The molecule has 0 aliphatic carbocycles. The second-order valence-corrected chi connectivity index (χ2v) is 8.92. The number of carbonyl (C=O) groups excluding carboxylic acids is 1. The molecule has 4 heterocycles. The summed E-state index contributed by atoms with van der Waals surface area (Å²) < 4.78 is 12.9. The zero-order valence-corrected chi connectivity index (χ0v) is 18.4. The Hall–Kier alpha value is -3.06. The molecule has 1 fully saturated rings. The molecule has 32 heavy (non-hydrogen) atoms. The lowest BCUT2D eigenvalue weighted by Crippen LogP contribution is -2.50. The van der Waals surface area contributed by atoms with E-state index in [4.69, 9.17) is 20.8 Å². The van der Waals surface area contributed by atoms with Crippen LogP contribution in [0.3, 0.4) is 0 Å². The fourth-order valence-electron chi connectivity index (χ4n) is 4.96. The summed E-state index contributed by atoms with van der Waals surface area (Å²) in [5.41, 5.74) is 1.81. The van der Waals surface area contributed by atoms with Crippen molar-refractivity contribution < 1.29 is 13.9 Å². The molecule has 8 heteroatoms. The normalized spacial score (nSPS) is 19.6. The molecule has 0 saturated carbocycles. The zero-order valence-electron chi connectivity index (χ0n) is 17.7. The number of carbonyl (C=O) groups is 1. The molecule has 166 valence electrons. The predicted octanol–water partition coefficient (Wildman–Crippen LogP) is 3.20. The highest BCUT2D eigenvalue weighted by Gasteiger charge is 2.36. The monoisotopic (exact) mass is 454 g/mol. The van der Waals surface area contributed by atoms with E-state index >= 15 is 0 Å². The molecule has 2 bridgehead atoms. The van der Waals surface area contributed by atoms with Crippen molar-refractivity contribution in [3.8, 4) is 5.75 Å². The van der Waals surface area contributed by atoms with Crippen molar-refractivity contribution in [3.63, 3.8) is 0 Å². The Morgan fingerprint density at radius 1 is 1.19 bits per heavy atom. The van der Waals surface area contributed by atoms with Crippen molar-refractivity contribution in [1.82, 2.24) is 9.47 Å². The van der Waals surface area contributed by atoms with Crippen LogP contribution in [0.5, 0.6) is 5.75 Å². The minimum absolute atomic E-state index is 0.0177. The van der Waals surface area contributed by atoms with E-state index in [1.807, 2.05) is 22.5 Å². The molecule has 1 aromatic carbocycles. The molecule has 2 aliphatic heterocycles. The maximum Gasteiger partial charge on any atom is 0.336 e. The van der Waals surface area contributed by atoms with Crippen molar-refractivity contribution >= 4 is 28.5 Å². The van der Waals surface area contributed by atoms with Gasteiger partial charge >= 0.3 is 5.63 Å². The van der Waals surface area contributed by atoms with E-state index in [9.17, 15) is 14.4 Å². The summed E-state index contributed by atoms with van der Waals surface area (Å²) in [7, 11) is 0. The van der Waals surface area contributed by atoms with Gasteiger partial charge in [-0.15, -0.1) is 0 Å². The van der Waals surface area contributed by atoms with Crippen molar-refractivity contribution in [1.29, 1.82) is 0 Å². The van der Waals surface area contributed by atoms with Gasteiger partial charge in [0.05, 0.1) is 5.02 Å². The number of hydrogen-bond donors (Lipinski definition) is 0. The summed E-state index contributed by atoms with van der Waals surface area (Å²) in [6.45, 7) is 3.57. The van der Waals surface area contributed by atoms with Gasteiger partial charge in [0.15, 0.2) is 6.61 Å². The highest BCUT2D eigenvalue weighted by atomic mass is 35.5. The van der Waals surface area contributed by atoms with Crippen LogP contribution in [0.25, 0.3) is 11.0 Å². The third-order valence-corrected chi connectivity index (χ3v) is 6.74. The number of hydrogen-bond acceptors (Lipinski definition) is 5. The van der Waals surface area contributed by atoms with Crippen LogP contribution in [0.4, 0.5) is 0 Å². The molecule has 7 nitrogen and oxygen atoms in total. The Morgan fingerprint density at radius 3 is 2.84 bits per heavy atom. The van der Waals surface area contributed by atoms with Crippen LogP contribution in [0.1, 0.15) is 30.5 Å². The van der Waals surface area contributed by atoms with Gasteiger partial charge in [-0.1, -0.05) is 24.6 Å². The van der Waals surface area contributed by atoms with Gasteiger partial charge in [0.1, 0.15) is 11.3 Å². The number of fused-ring (bicyclic) bond motifs is 5. The van der Waals surface area contributed by atoms with Gasteiger partial charge in [0.25, 0.3) is 11.5 Å². The summed E-state index contributed by atoms with van der Waals surface area (Å²) in [4.78, 5) is 38.7. The van der Waals surface area contributed by atoms with Crippen LogP contribution < -0.4 is 15.9 Å². The van der Waals surface area contributed by atoms with Crippen molar-refractivity contribution in [2.45, 2.75) is 32.2 Å². The molecule has 0 unspecified atom stereocenters. The largest absolute Gasteiger partial charge is 0.482 e. The number of piperidine rings is 1. The zero-order chi connectivity index (χ0) is 22.4. The Morgan fingerprint density at radius 2 is 2.03 bits per heavy atom. The first kappa shape index (κ1) is 20.8. The van der Waals surface area contributed by atoms with Gasteiger partial charge in [-0.05, 0) is 36.5 Å². The number of ether oxygens (including phenoxy) is 1. The molecule has 2 atom stereocenters. The average Bonchev–Trinajstić information content (AvgIpc) is 2.78. The molecular weight excluding hydrogens is 432 g/mol. The standard InChI is InChI=1S/C24H23ClN2O5/c1-2-15-7-24(30)32-20-9-21(18(25)8-17(15)20)31-13-23(29)26-10-14-6-16(12-26)19-4-3-5-22(28)27(19)11-14/h3-5,7-9,14,16H,2,6,10-13H2,1H3/t14-,16-/m0/s1. The highest BCUT2D eigenvalue weighted by molar-refractivity contribution is 6.32. The Kier molecular flexibility index (Phi) is 5.29. The Labute approximate surface area is 189 Å². The fourth-order valence-corrected chi connectivity index (χ4v) is 5.18. The van der Waals surface area contributed by atoms with E-state index in [2.05, 4.69) is 0 Å². The minimum Gasteiger partial charge on any atom is -0.482 e. The van der Waals surface area contributed by atoms with Gasteiger partial charge < -0.3 is 18.6 Å². The third-order valence-electron chi connectivity index (χ3n) is 6.45. The second-order valence-electron chi connectivity index (χ2n) is 8.51. The number of aromatic nitrogens is 1. The van der Waals surface area contributed by atoms with Gasteiger partial charge in [-0.25, -0.2) is 4.79 Å². The third kappa shape index (κ3) is 3.71. The number of likely N-dealkylation sites (tertiary alicyclic amines) is 1. The van der Waals surface area contributed by atoms with E-state index in [-0.39, 0.29) is 29.9 Å². The quantitative estimate of drug-likeness (QED) is 0.565. The maximum atomic E-state index is 12.9. The summed E-state index contributed by atoms with van der Waals surface area (Å²) >= 11 is 6.39. The molecule has 0 radical (unpaired) electrons. The van der Waals surface area contributed by atoms with E-state index in [1.165, 1.54) is 6.07 Å². The van der Waals surface area contributed by atoms with Gasteiger partial charge in [0.2, 0.25) is 0 Å². The lowest BCUT2D eigenvalue weighted by atomic mass is 9.83. The SMILES string of the molecule is CCc1cc(=O)oc2cc(OCC(=O)N3C[C@@H]4C[C@@H](C3)c3cccc(=O)n3C4)c(Cl)cc12. The van der Waals surface area contributed by atoms with Crippen molar-refractivity contribution in [2.24, 2.45) is 5.92 Å². The van der Waals surface area contributed by atoms with Crippen LogP contribution >= 0.6 is 11.6 Å². The van der Waals surface area contributed by atoms with Crippen molar-refractivity contribution in [3.05, 3.63) is 73.5 Å². The van der Waals surface area contributed by atoms with Gasteiger partial charge in [-0.2, -0.15) is 0 Å². The minimum atomic E-state index is -0.432. The van der Waals surface area contributed by atoms with E-state index < -0.39 is 5.63 Å². The predicted molar refractivity (Wildman–Crippen MR) is 120 cm³/mol. The molecule has 5 rings (SSSR count). The van der Waals surface area contributed by atoms with Crippen LogP contribution in [-0.4, -0.2) is 35.1 Å². The second kappa shape index (κ2) is 8.13. The number of benzene rings is 1. The number of pyridine rings is 1. The maximum absolute atomic E-state index is 12.9. The number of aryl methyl sites for hydroxylation is 1. The van der Waals surface area contributed by atoms with Gasteiger partial charge in [-0.3, -0.25) is 9.59 Å². The molecule has 2 aromatic heterocycles. The van der Waals surface area contributed by atoms with E-state index in [0.29, 0.717) is 42.4 Å². The van der Waals surface area contributed by atoms with Crippen LogP contribution in [-0.2, 0) is 17.8 Å². The molecule has 0 spiro atoms. The fraction of sp³-hybridized carbons (Fsp3) is 0.375. The van der Waals surface area contributed by atoms with Crippen molar-refractivity contribution in [2.75, 3.05) is 19.7 Å². The topological polar surface area (TPSA) is 81.8 Å². The lowest BCUT2D eigenvalue weighted by Gasteiger charge is -2.42. The number of nitrogens with zero attached hydrogens (tertiary/aromatic N) is 2. The van der Waals surface area contributed by atoms with Crippen LogP contribution in [0.15, 0.2) is 50.4 Å². The molecule has 0 N–H and O–H groups in total. The number of rotatable bonds is 4. The number of amides is 1. The summed E-state index contributed by atoms with van der Waals surface area (Å²) in [6.07, 6.45) is 1.65. The van der Waals surface area contributed by atoms with Crippen LogP contribution in [0, 0.1) is 5.92 Å². The number of halogens is 1. The Balaban J connectivity index is 1.32. The molecule has 2 aliphatic rings. The molecule has 1 saturated heterocycles. The van der Waals surface area contributed by atoms with Gasteiger partial charge in [0, 0.05) is 54.8 Å². The lowest BCUT2D eigenvalue weighted by molar-refractivity contribution is -0.136. The smallest absolute Gasteiger partial charge is 0.336 e. The van der Waals surface area contributed by atoms with Crippen LogP contribution in [0.2, 0.25) is 5.02 Å². The first-order valence-corrected chi connectivity index (χ1v) is 11.2. The summed E-state index contributed by atoms with van der Waals surface area (Å²) in [5.74, 6) is 0.562. The first-order chi connectivity index (χ1) is 15.4. The average molecular weight is 455 g/mol. The summed E-state index contributed by atoms with van der Waals surface area (Å²) in [6, 6.07) is 10.1. The molecule has 1 amide bonds. The summed E-state index contributed by atoms with van der Waals surface area (Å²) in [5, 5.41) is 1.12. The Bertz CT molecular complexity index is 1330. The van der Waals surface area contributed by atoms with E-state index in [0.717, 1.165) is 23.1 Å². The first-order valence-electron chi connectivity index (χ1n) is 10.8.